The summed E-state index contributed by atoms with van der Waals surface area (Å²) in [5, 5.41) is 10.3. The maximum atomic E-state index is 14.6. The van der Waals surface area contributed by atoms with Crippen molar-refractivity contribution in [2.75, 3.05) is 5.32 Å². The number of aromatic nitrogens is 6. The summed E-state index contributed by atoms with van der Waals surface area (Å²) >= 11 is 0. The number of para-hydroxylation sites is 1. The number of aromatic amines is 1. The second-order valence-electron chi connectivity index (χ2n) is 8.97. The van der Waals surface area contributed by atoms with Crippen LogP contribution in [-0.2, 0) is 24.3 Å². The minimum atomic E-state index is -0.760. The van der Waals surface area contributed by atoms with Crippen molar-refractivity contribution < 1.29 is 13.6 Å². The quantitative estimate of drug-likeness (QED) is 0.306. The van der Waals surface area contributed by atoms with Gasteiger partial charge in [-0.3, -0.25) is 19.1 Å². The molecule has 0 aliphatic carbocycles. The van der Waals surface area contributed by atoms with Crippen LogP contribution in [0.5, 0.6) is 0 Å². The van der Waals surface area contributed by atoms with Crippen LogP contribution in [0.1, 0.15) is 29.5 Å². The first-order valence-corrected chi connectivity index (χ1v) is 12.0. The van der Waals surface area contributed by atoms with E-state index in [1.165, 1.54) is 27.7 Å². The van der Waals surface area contributed by atoms with Gasteiger partial charge in [0.15, 0.2) is 5.82 Å². The number of H-pyrrole nitrogens is 1. The summed E-state index contributed by atoms with van der Waals surface area (Å²) in [6.45, 7) is 0.188. The molecule has 12 heteroatoms. The van der Waals surface area contributed by atoms with E-state index >= 15 is 0 Å². The van der Waals surface area contributed by atoms with E-state index < -0.39 is 23.6 Å². The van der Waals surface area contributed by atoms with Crippen molar-refractivity contribution in [3.63, 3.8) is 0 Å². The van der Waals surface area contributed by atoms with Gasteiger partial charge in [0, 0.05) is 37.1 Å². The third-order valence-corrected chi connectivity index (χ3v) is 6.59. The summed E-state index contributed by atoms with van der Waals surface area (Å²) in [4.78, 5) is 37.5. The monoisotopic (exact) mass is 516 g/mol. The molecule has 1 amide bonds. The zero-order valence-electron chi connectivity index (χ0n) is 20.0. The van der Waals surface area contributed by atoms with Gasteiger partial charge in [-0.25, -0.2) is 18.4 Å². The molecule has 192 valence electrons. The van der Waals surface area contributed by atoms with Gasteiger partial charge in [-0.15, -0.1) is 0 Å². The van der Waals surface area contributed by atoms with E-state index in [0.717, 1.165) is 5.56 Å². The lowest BCUT2D eigenvalue weighted by atomic mass is 10.2. The minimum Gasteiger partial charge on any atom is -0.375 e. The van der Waals surface area contributed by atoms with Gasteiger partial charge in [0.05, 0.1) is 35.5 Å². The van der Waals surface area contributed by atoms with Crippen LogP contribution in [-0.4, -0.2) is 35.2 Å². The van der Waals surface area contributed by atoms with Crippen molar-refractivity contribution in [3.05, 3.63) is 100 Å². The molecule has 38 heavy (non-hydrogen) atoms. The van der Waals surface area contributed by atoms with Crippen molar-refractivity contribution in [1.29, 1.82) is 0 Å². The predicted molar refractivity (Wildman–Crippen MR) is 135 cm³/mol. The SMILES string of the molecule is O=C(NCc1[nH]c2ccncc2c1F)[C@@H]1CCc2ncc(NCc3cnn(-c4ccccc4F)c3)c(=O)n21. The van der Waals surface area contributed by atoms with Crippen LogP contribution in [0.15, 0.2) is 66.1 Å². The van der Waals surface area contributed by atoms with Crippen molar-refractivity contribution in [2.45, 2.75) is 32.0 Å². The highest BCUT2D eigenvalue weighted by Crippen LogP contribution is 2.24. The smallest absolute Gasteiger partial charge is 0.277 e. The van der Waals surface area contributed by atoms with E-state index in [4.69, 9.17) is 0 Å². The molecule has 1 atom stereocenters. The molecule has 1 aliphatic rings. The molecule has 5 heterocycles. The Morgan fingerprint density at radius 1 is 1.13 bits per heavy atom. The number of halogens is 2. The Balaban J connectivity index is 1.15. The molecule has 4 aromatic heterocycles. The van der Waals surface area contributed by atoms with Crippen LogP contribution in [0.25, 0.3) is 16.6 Å². The molecule has 1 aliphatic heterocycles. The molecule has 0 bridgehead atoms. The number of fused-ring (bicyclic) bond motifs is 2. The number of hydrogen-bond donors (Lipinski definition) is 3. The van der Waals surface area contributed by atoms with Crippen molar-refractivity contribution in [3.8, 4) is 5.69 Å². The third-order valence-electron chi connectivity index (χ3n) is 6.59. The number of aryl methyl sites for hydroxylation is 1. The number of nitrogens with one attached hydrogen (secondary N) is 3. The Morgan fingerprint density at radius 2 is 2.00 bits per heavy atom. The molecule has 0 unspecified atom stereocenters. The number of anilines is 1. The van der Waals surface area contributed by atoms with Gasteiger partial charge < -0.3 is 15.6 Å². The van der Waals surface area contributed by atoms with Gasteiger partial charge in [-0.1, -0.05) is 12.1 Å². The van der Waals surface area contributed by atoms with Crippen LogP contribution in [0.3, 0.4) is 0 Å². The molecule has 0 radical (unpaired) electrons. The summed E-state index contributed by atoms with van der Waals surface area (Å²) in [5.41, 5.74) is 1.71. The van der Waals surface area contributed by atoms with Crippen LogP contribution < -0.4 is 16.2 Å². The van der Waals surface area contributed by atoms with E-state index in [1.54, 1.807) is 42.9 Å². The lowest BCUT2D eigenvalue weighted by molar-refractivity contribution is -0.124. The number of carbonyl (C=O) groups is 1. The lowest BCUT2D eigenvalue weighted by Gasteiger charge is -2.15. The van der Waals surface area contributed by atoms with E-state index in [2.05, 4.69) is 30.7 Å². The minimum absolute atomic E-state index is 0.0582. The maximum absolute atomic E-state index is 14.6. The molecular formula is C26H22F2N8O2. The second-order valence-corrected chi connectivity index (χ2v) is 8.97. The van der Waals surface area contributed by atoms with Crippen molar-refractivity contribution in [1.82, 2.24) is 34.6 Å². The maximum Gasteiger partial charge on any atom is 0.277 e. The van der Waals surface area contributed by atoms with Gasteiger partial charge in [0.2, 0.25) is 5.91 Å². The Labute approximate surface area is 214 Å². The Morgan fingerprint density at radius 3 is 2.84 bits per heavy atom. The molecule has 0 fully saturated rings. The van der Waals surface area contributed by atoms with Gasteiger partial charge in [0.25, 0.3) is 5.56 Å². The zero-order valence-corrected chi connectivity index (χ0v) is 20.0. The van der Waals surface area contributed by atoms with Crippen LogP contribution >= 0.6 is 0 Å². The summed E-state index contributed by atoms with van der Waals surface area (Å²) in [6.07, 6.45) is 8.54. The highest BCUT2D eigenvalue weighted by molar-refractivity contribution is 5.82. The number of pyridine rings is 1. The first kappa shape index (κ1) is 23.5. The van der Waals surface area contributed by atoms with Gasteiger partial charge in [-0.2, -0.15) is 5.10 Å². The number of nitrogens with zero attached hydrogens (tertiary/aromatic N) is 5. The normalized spacial score (nSPS) is 14.5. The summed E-state index contributed by atoms with van der Waals surface area (Å²) in [6, 6.07) is 7.19. The summed E-state index contributed by atoms with van der Waals surface area (Å²) < 4.78 is 31.5. The molecule has 5 aromatic rings. The first-order chi connectivity index (χ1) is 18.5. The number of benzene rings is 1. The number of carbonyl (C=O) groups excluding carboxylic acids is 1. The van der Waals surface area contributed by atoms with E-state index in [1.807, 2.05) is 0 Å². The Kier molecular flexibility index (Phi) is 5.91. The van der Waals surface area contributed by atoms with Crippen molar-refractivity contribution >= 4 is 22.5 Å². The number of rotatable bonds is 7. The van der Waals surface area contributed by atoms with Gasteiger partial charge in [0.1, 0.15) is 29.1 Å². The van der Waals surface area contributed by atoms with Gasteiger partial charge in [-0.05, 0) is 24.6 Å². The van der Waals surface area contributed by atoms with Crippen LogP contribution in [0.4, 0.5) is 14.5 Å². The number of amides is 1. The average Bonchev–Trinajstić information content (AvgIpc) is 3.65. The van der Waals surface area contributed by atoms with Crippen LogP contribution in [0.2, 0.25) is 0 Å². The molecule has 1 aromatic carbocycles. The topological polar surface area (TPSA) is 123 Å². The molecule has 10 nitrogen and oxygen atoms in total. The molecule has 0 saturated heterocycles. The lowest BCUT2D eigenvalue weighted by Crippen LogP contribution is -2.36. The average molecular weight is 517 g/mol. The van der Waals surface area contributed by atoms with E-state index in [9.17, 15) is 18.4 Å². The predicted octanol–water partition coefficient (Wildman–Crippen LogP) is 3.00. The molecule has 3 N–H and O–H groups in total. The Hall–Kier alpha value is -4.87. The largest absolute Gasteiger partial charge is 0.375 e. The van der Waals surface area contributed by atoms with Gasteiger partial charge >= 0.3 is 0 Å². The Bertz CT molecular complexity index is 1720. The van der Waals surface area contributed by atoms with E-state index in [-0.39, 0.29) is 30.0 Å². The summed E-state index contributed by atoms with van der Waals surface area (Å²) in [5.74, 6) is -0.753. The van der Waals surface area contributed by atoms with E-state index in [0.29, 0.717) is 35.3 Å². The first-order valence-electron chi connectivity index (χ1n) is 12.0. The highest BCUT2D eigenvalue weighted by Gasteiger charge is 2.31. The summed E-state index contributed by atoms with van der Waals surface area (Å²) in [7, 11) is 0. The second kappa shape index (κ2) is 9.54. The third kappa shape index (κ3) is 4.19. The highest BCUT2D eigenvalue weighted by atomic mass is 19.1. The number of hydrogen-bond acceptors (Lipinski definition) is 6. The standard InChI is InChI=1S/C26H22F2N8O2/c27-17-3-1-2-4-21(17)35-14-15(10-33-35)9-30-20-13-31-23-6-5-22(36(23)26(20)38)25(37)32-12-19-24(28)16-11-29-8-7-18(16)34-19/h1-4,7-8,10-11,13-14,22,30,34H,5-6,9,12H2,(H,32,37)/t22-/m0/s1. The van der Waals surface area contributed by atoms with Crippen molar-refractivity contribution in [2.24, 2.45) is 0 Å². The fraction of sp³-hybridized carbons (Fsp3) is 0.192. The zero-order chi connectivity index (χ0) is 26.2. The molecule has 0 spiro atoms. The molecule has 6 rings (SSSR count). The fourth-order valence-electron chi connectivity index (χ4n) is 4.67. The van der Waals surface area contributed by atoms with Crippen LogP contribution in [0, 0.1) is 11.6 Å². The fourth-order valence-corrected chi connectivity index (χ4v) is 4.67. The molecular weight excluding hydrogens is 494 g/mol. The molecule has 0 saturated carbocycles.